The Hall–Kier alpha value is -1.28. The lowest BCUT2D eigenvalue weighted by molar-refractivity contribution is 0.0691. The van der Waals surface area contributed by atoms with Crippen LogP contribution >= 0.6 is 0 Å². The molecule has 0 spiro atoms. The summed E-state index contributed by atoms with van der Waals surface area (Å²) in [6.07, 6.45) is 0. The fourth-order valence-corrected chi connectivity index (χ4v) is 2.47. The fraction of sp³-hybridized carbons (Fsp3) is 0.467. The maximum Gasteiger partial charge on any atom is 0.0989 e. The second-order valence-corrected chi connectivity index (χ2v) is 5.57. The standard InChI is InChI=1S/C15H21NO/c1-10(2)16-13(15(4,5)17)9-12-8-6-7-11(3)14(12)16/h6-10,17H,1-5H3. The van der Waals surface area contributed by atoms with E-state index in [0.717, 1.165) is 5.69 Å². The van der Waals surface area contributed by atoms with E-state index < -0.39 is 5.60 Å². The van der Waals surface area contributed by atoms with Crippen molar-refractivity contribution < 1.29 is 5.11 Å². The van der Waals surface area contributed by atoms with Gasteiger partial charge in [0.2, 0.25) is 0 Å². The van der Waals surface area contributed by atoms with Crippen molar-refractivity contribution in [2.45, 2.75) is 46.3 Å². The van der Waals surface area contributed by atoms with Crippen LogP contribution < -0.4 is 0 Å². The third-order valence-electron chi connectivity index (χ3n) is 3.20. The van der Waals surface area contributed by atoms with Crippen LogP contribution in [0.2, 0.25) is 0 Å². The van der Waals surface area contributed by atoms with Crippen LogP contribution in [0, 0.1) is 6.92 Å². The summed E-state index contributed by atoms with van der Waals surface area (Å²) in [7, 11) is 0. The number of para-hydroxylation sites is 1. The lowest BCUT2D eigenvalue weighted by Gasteiger charge is -2.23. The van der Waals surface area contributed by atoms with Gasteiger partial charge in [-0.3, -0.25) is 0 Å². The van der Waals surface area contributed by atoms with Crippen molar-refractivity contribution in [3.8, 4) is 0 Å². The topological polar surface area (TPSA) is 25.2 Å². The lowest BCUT2D eigenvalue weighted by Crippen LogP contribution is -2.21. The van der Waals surface area contributed by atoms with Crippen LogP contribution in [0.3, 0.4) is 0 Å². The van der Waals surface area contributed by atoms with Gasteiger partial charge in [-0.1, -0.05) is 18.2 Å². The summed E-state index contributed by atoms with van der Waals surface area (Å²) >= 11 is 0. The van der Waals surface area contributed by atoms with E-state index in [4.69, 9.17) is 0 Å². The van der Waals surface area contributed by atoms with Gasteiger partial charge in [-0.15, -0.1) is 0 Å². The van der Waals surface area contributed by atoms with Crippen molar-refractivity contribution in [3.63, 3.8) is 0 Å². The summed E-state index contributed by atoms with van der Waals surface area (Å²) in [4.78, 5) is 0. The summed E-state index contributed by atoms with van der Waals surface area (Å²) in [5, 5.41) is 11.5. The van der Waals surface area contributed by atoms with Gasteiger partial charge in [0.1, 0.15) is 0 Å². The minimum absolute atomic E-state index is 0.343. The molecular formula is C15H21NO. The molecule has 2 heteroatoms. The largest absolute Gasteiger partial charge is 0.384 e. The molecule has 0 unspecified atom stereocenters. The van der Waals surface area contributed by atoms with Crippen molar-refractivity contribution in [1.29, 1.82) is 0 Å². The Kier molecular flexibility index (Phi) is 2.78. The zero-order valence-electron chi connectivity index (χ0n) is 11.3. The van der Waals surface area contributed by atoms with Crippen molar-refractivity contribution in [3.05, 3.63) is 35.5 Å². The van der Waals surface area contributed by atoms with Gasteiger partial charge in [0.25, 0.3) is 0 Å². The third-order valence-corrected chi connectivity index (χ3v) is 3.20. The first kappa shape index (κ1) is 12.2. The molecule has 2 nitrogen and oxygen atoms in total. The van der Waals surface area contributed by atoms with Crippen LogP contribution in [0.15, 0.2) is 24.3 Å². The van der Waals surface area contributed by atoms with Gasteiger partial charge in [-0.25, -0.2) is 0 Å². The molecule has 0 saturated carbocycles. The number of aliphatic hydroxyl groups is 1. The number of aromatic nitrogens is 1. The Labute approximate surface area is 103 Å². The molecule has 0 amide bonds. The number of nitrogens with zero attached hydrogens (tertiary/aromatic N) is 1. The average molecular weight is 231 g/mol. The molecule has 1 aromatic carbocycles. The summed E-state index contributed by atoms with van der Waals surface area (Å²) in [6.45, 7) is 10.1. The van der Waals surface area contributed by atoms with Crippen molar-refractivity contribution in [2.24, 2.45) is 0 Å². The van der Waals surface area contributed by atoms with Gasteiger partial charge in [0, 0.05) is 11.4 Å². The molecular weight excluding hydrogens is 210 g/mol. The maximum absolute atomic E-state index is 10.3. The van der Waals surface area contributed by atoms with E-state index in [9.17, 15) is 5.11 Å². The van der Waals surface area contributed by atoms with Gasteiger partial charge in [0.05, 0.1) is 16.8 Å². The van der Waals surface area contributed by atoms with Crippen LogP contribution in [0.25, 0.3) is 10.9 Å². The molecule has 0 radical (unpaired) electrons. The minimum Gasteiger partial charge on any atom is -0.384 e. The zero-order chi connectivity index (χ0) is 12.8. The Morgan fingerprint density at radius 2 is 1.88 bits per heavy atom. The van der Waals surface area contributed by atoms with Crippen LogP contribution in [0.4, 0.5) is 0 Å². The van der Waals surface area contributed by atoms with E-state index in [-0.39, 0.29) is 0 Å². The van der Waals surface area contributed by atoms with Crippen molar-refractivity contribution in [2.75, 3.05) is 0 Å². The second-order valence-electron chi connectivity index (χ2n) is 5.57. The predicted octanol–water partition coefficient (Wildman–Crippen LogP) is 3.76. The van der Waals surface area contributed by atoms with Gasteiger partial charge in [-0.05, 0) is 46.2 Å². The quantitative estimate of drug-likeness (QED) is 0.836. The summed E-state index contributed by atoms with van der Waals surface area (Å²) in [5.74, 6) is 0. The van der Waals surface area contributed by atoms with Crippen LogP contribution in [0.1, 0.15) is 45.0 Å². The highest BCUT2D eigenvalue weighted by molar-refractivity contribution is 5.84. The average Bonchev–Trinajstić information content (AvgIpc) is 2.57. The molecule has 0 atom stereocenters. The molecule has 1 N–H and O–H groups in total. The highest BCUT2D eigenvalue weighted by atomic mass is 16.3. The normalized spacial score (nSPS) is 12.6. The molecule has 2 aromatic rings. The smallest absolute Gasteiger partial charge is 0.0989 e. The van der Waals surface area contributed by atoms with Gasteiger partial charge in [-0.2, -0.15) is 0 Å². The maximum atomic E-state index is 10.3. The SMILES string of the molecule is Cc1cccc2cc(C(C)(C)O)n(C(C)C)c12. The molecule has 0 aliphatic carbocycles. The predicted molar refractivity (Wildman–Crippen MR) is 72.3 cm³/mol. The molecule has 1 heterocycles. The molecule has 0 aliphatic rings. The molecule has 17 heavy (non-hydrogen) atoms. The molecule has 92 valence electrons. The van der Waals surface area contributed by atoms with E-state index in [1.165, 1.54) is 16.5 Å². The molecule has 0 bridgehead atoms. The molecule has 0 saturated heterocycles. The first-order chi connectivity index (χ1) is 7.82. The van der Waals surface area contributed by atoms with Crippen LogP contribution in [-0.2, 0) is 5.60 Å². The summed E-state index contributed by atoms with van der Waals surface area (Å²) in [5.41, 5.74) is 2.67. The van der Waals surface area contributed by atoms with E-state index in [2.05, 4.69) is 49.6 Å². The van der Waals surface area contributed by atoms with Crippen LogP contribution in [0.5, 0.6) is 0 Å². The molecule has 2 rings (SSSR count). The second kappa shape index (κ2) is 3.88. The number of aryl methyl sites for hydroxylation is 1. The number of fused-ring (bicyclic) bond motifs is 1. The van der Waals surface area contributed by atoms with E-state index >= 15 is 0 Å². The van der Waals surface area contributed by atoms with Gasteiger partial charge in [0.15, 0.2) is 0 Å². The molecule has 1 aromatic heterocycles. The number of hydrogen-bond donors (Lipinski definition) is 1. The molecule has 0 aliphatic heterocycles. The summed E-state index contributed by atoms with van der Waals surface area (Å²) in [6, 6.07) is 8.74. The number of hydrogen-bond acceptors (Lipinski definition) is 1. The minimum atomic E-state index is -0.810. The highest BCUT2D eigenvalue weighted by Crippen LogP contribution is 2.32. The zero-order valence-corrected chi connectivity index (χ0v) is 11.3. The molecule has 0 fully saturated rings. The number of benzene rings is 1. The first-order valence-electron chi connectivity index (χ1n) is 6.16. The van der Waals surface area contributed by atoms with E-state index in [1.54, 1.807) is 0 Å². The Bertz CT molecular complexity index is 544. The highest BCUT2D eigenvalue weighted by Gasteiger charge is 2.24. The van der Waals surface area contributed by atoms with Crippen LogP contribution in [-0.4, -0.2) is 9.67 Å². The van der Waals surface area contributed by atoms with E-state index in [0.29, 0.717) is 6.04 Å². The third kappa shape index (κ3) is 1.98. The van der Waals surface area contributed by atoms with E-state index in [1.807, 2.05) is 13.8 Å². The Balaban J connectivity index is 2.86. The Morgan fingerprint density at radius 3 is 2.41 bits per heavy atom. The lowest BCUT2D eigenvalue weighted by atomic mass is 10.1. The first-order valence-corrected chi connectivity index (χ1v) is 6.16. The number of rotatable bonds is 2. The van der Waals surface area contributed by atoms with Gasteiger partial charge < -0.3 is 9.67 Å². The Morgan fingerprint density at radius 1 is 1.24 bits per heavy atom. The summed E-state index contributed by atoms with van der Waals surface area (Å²) < 4.78 is 2.24. The monoisotopic (exact) mass is 231 g/mol. The van der Waals surface area contributed by atoms with Gasteiger partial charge >= 0.3 is 0 Å². The van der Waals surface area contributed by atoms with Crippen molar-refractivity contribution >= 4 is 10.9 Å². The fourth-order valence-electron chi connectivity index (χ4n) is 2.47. The van der Waals surface area contributed by atoms with Crippen molar-refractivity contribution in [1.82, 2.24) is 4.57 Å².